The number of nitrogens with zero attached hydrogens (tertiary/aromatic N) is 5. The molecule has 1 atom stereocenters. The van der Waals surface area contributed by atoms with Gasteiger partial charge in [-0.3, -0.25) is 19.2 Å². The SMILES string of the molecule is C=CCCC(C(=O)NC)N(C=O)c1ccc(CCCCCCNC(=O)c2ccc(-c3cc(NC)c4ncc(C=O)n4n3)cc2)cc1N(C)C. The topological polar surface area (TPSA) is 141 Å². The van der Waals surface area contributed by atoms with Gasteiger partial charge in [-0.2, -0.15) is 5.10 Å². The lowest BCUT2D eigenvalue weighted by Crippen LogP contribution is -2.46. The number of aryl methyl sites for hydroxylation is 1. The van der Waals surface area contributed by atoms with Crippen LogP contribution in [-0.4, -0.2) is 79.9 Å². The fourth-order valence-corrected chi connectivity index (χ4v) is 5.73. The van der Waals surface area contributed by atoms with Crippen molar-refractivity contribution < 1.29 is 19.2 Å². The van der Waals surface area contributed by atoms with E-state index in [0.717, 1.165) is 61.0 Å². The molecule has 0 aliphatic rings. The van der Waals surface area contributed by atoms with Gasteiger partial charge in [0, 0.05) is 45.9 Å². The molecule has 12 nitrogen and oxygen atoms in total. The summed E-state index contributed by atoms with van der Waals surface area (Å²) >= 11 is 0. The fourth-order valence-electron chi connectivity index (χ4n) is 5.73. The Balaban J connectivity index is 1.26. The van der Waals surface area contributed by atoms with E-state index in [-0.39, 0.29) is 11.8 Å². The molecule has 49 heavy (non-hydrogen) atoms. The third-order valence-corrected chi connectivity index (χ3v) is 8.45. The van der Waals surface area contributed by atoms with E-state index in [2.05, 4.69) is 38.7 Å². The molecule has 258 valence electrons. The molecule has 1 unspecified atom stereocenters. The van der Waals surface area contributed by atoms with E-state index in [9.17, 15) is 19.2 Å². The average molecular weight is 667 g/mol. The maximum absolute atomic E-state index is 12.8. The highest BCUT2D eigenvalue weighted by molar-refractivity contribution is 5.95. The fraction of sp³-hybridized carbons (Fsp3) is 0.351. The van der Waals surface area contributed by atoms with Crippen LogP contribution in [0.1, 0.15) is 64.9 Å². The molecule has 4 rings (SSSR count). The Bertz CT molecular complexity index is 1770. The van der Waals surface area contributed by atoms with E-state index < -0.39 is 6.04 Å². The number of imidazole rings is 1. The smallest absolute Gasteiger partial charge is 0.251 e. The standard InChI is InChI=1S/C37H46N8O4/c1-6-7-13-33(37(49)39-3)44(25-47)32-19-14-26(21-34(32)43(4)5)12-10-8-9-11-20-40-36(48)28-17-15-27(16-18-28)30-22-31(38-2)35-41-23-29(24-46)45(35)42-30/h6,14-19,21-25,33,38H,1,7-13,20H2,2-5H3,(H,39,49)(H,40,48). The normalized spacial score (nSPS) is 11.4. The van der Waals surface area contributed by atoms with Gasteiger partial charge in [-0.15, -0.1) is 6.58 Å². The Hall–Kier alpha value is -5.52. The molecule has 2 heterocycles. The first kappa shape index (κ1) is 36.3. The number of rotatable bonds is 19. The van der Waals surface area contributed by atoms with Crippen LogP contribution in [0.2, 0.25) is 0 Å². The Labute approximate surface area is 287 Å². The molecular weight excluding hydrogens is 620 g/mol. The summed E-state index contributed by atoms with van der Waals surface area (Å²) in [5, 5.41) is 13.3. The quantitative estimate of drug-likeness (QED) is 0.0730. The summed E-state index contributed by atoms with van der Waals surface area (Å²) in [5.74, 6) is -0.346. The summed E-state index contributed by atoms with van der Waals surface area (Å²) in [6.45, 7) is 4.33. The van der Waals surface area contributed by atoms with E-state index in [1.54, 1.807) is 32.3 Å². The largest absolute Gasteiger partial charge is 0.385 e. The van der Waals surface area contributed by atoms with Crippen LogP contribution in [-0.2, 0) is 16.0 Å². The lowest BCUT2D eigenvalue weighted by atomic mass is 10.0. The number of anilines is 3. The van der Waals surface area contributed by atoms with Crippen LogP contribution in [0.5, 0.6) is 0 Å². The van der Waals surface area contributed by atoms with Crippen molar-refractivity contribution >= 4 is 47.2 Å². The molecule has 0 spiro atoms. The molecule has 4 aromatic rings. The summed E-state index contributed by atoms with van der Waals surface area (Å²) in [5.41, 5.74) is 6.40. The number of unbranched alkanes of at least 4 members (excludes halogenated alkanes) is 3. The van der Waals surface area contributed by atoms with Crippen LogP contribution in [0.4, 0.5) is 17.1 Å². The molecule has 2 aromatic carbocycles. The van der Waals surface area contributed by atoms with E-state index in [1.807, 2.05) is 49.3 Å². The van der Waals surface area contributed by atoms with E-state index >= 15 is 0 Å². The van der Waals surface area contributed by atoms with E-state index in [1.165, 1.54) is 15.6 Å². The van der Waals surface area contributed by atoms with Crippen molar-refractivity contribution in [3.05, 3.63) is 84.2 Å². The zero-order chi connectivity index (χ0) is 35.3. The summed E-state index contributed by atoms with van der Waals surface area (Å²) in [4.78, 5) is 56.7. The number of aldehydes is 1. The number of aromatic nitrogens is 3. The van der Waals surface area contributed by atoms with Gasteiger partial charge in [0.1, 0.15) is 11.7 Å². The van der Waals surface area contributed by atoms with Crippen molar-refractivity contribution in [1.82, 2.24) is 25.2 Å². The number of hydrogen-bond acceptors (Lipinski definition) is 8. The molecule has 0 radical (unpaired) electrons. The van der Waals surface area contributed by atoms with Crippen LogP contribution in [0.15, 0.2) is 67.4 Å². The lowest BCUT2D eigenvalue weighted by molar-refractivity contribution is -0.123. The lowest BCUT2D eigenvalue weighted by Gasteiger charge is -2.30. The molecule has 0 aliphatic heterocycles. The van der Waals surface area contributed by atoms with Crippen LogP contribution in [0.3, 0.4) is 0 Å². The predicted octanol–water partition coefficient (Wildman–Crippen LogP) is 4.89. The van der Waals surface area contributed by atoms with Crippen LogP contribution in [0.25, 0.3) is 16.9 Å². The second-order valence-corrected chi connectivity index (χ2v) is 12.0. The number of amides is 3. The number of nitrogens with one attached hydrogen (secondary N) is 3. The highest BCUT2D eigenvalue weighted by Gasteiger charge is 2.27. The van der Waals surface area contributed by atoms with Crippen molar-refractivity contribution in [3.8, 4) is 11.3 Å². The third-order valence-electron chi connectivity index (χ3n) is 8.45. The van der Waals surface area contributed by atoms with Gasteiger partial charge in [0.2, 0.25) is 12.3 Å². The van der Waals surface area contributed by atoms with Gasteiger partial charge >= 0.3 is 0 Å². The Morgan fingerprint density at radius 2 is 1.73 bits per heavy atom. The minimum absolute atomic E-state index is 0.132. The summed E-state index contributed by atoms with van der Waals surface area (Å²) < 4.78 is 1.51. The number of carbonyl (C=O) groups excluding carboxylic acids is 4. The molecule has 3 amide bonds. The molecule has 0 bridgehead atoms. The van der Waals surface area contributed by atoms with Crippen LogP contribution >= 0.6 is 0 Å². The third kappa shape index (κ3) is 8.89. The first-order valence-corrected chi connectivity index (χ1v) is 16.5. The van der Waals surface area contributed by atoms with E-state index in [4.69, 9.17) is 0 Å². The molecule has 3 N–H and O–H groups in total. The van der Waals surface area contributed by atoms with Gasteiger partial charge in [0.25, 0.3) is 5.91 Å². The number of fused-ring (bicyclic) bond motifs is 1. The Morgan fingerprint density at radius 3 is 2.39 bits per heavy atom. The van der Waals surface area contributed by atoms with Gasteiger partial charge in [-0.1, -0.05) is 37.1 Å². The van der Waals surface area contributed by atoms with E-state index in [0.29, 0.717) is 54.0 Å². The molecular formula is C37H46N8O4. The van der Waals surface area contributed by atoms with Crippen LogP contribution < -0.4 is 25.8 Å². The Kier molecular flexibility index (Phi) is 13.0. The van der Waals surface area contributed by atoms with Crippen molar-refractivity contribution in [2.24, 2.45) is 0 Å². The zero-order valence-corrected chi connectivity index (χ0v) is 28.7. The van der Waals surface area contributed by atoms with Gasteiger partial charge in [-0.05, 0) is 68.0 Å². The van der Waals surface area contributed by atoms with Crippen molar-refractivity contribution in [2.45, 2.75) is 51.0 Å². The number of benzene rings is 2. The Morgan fingerprint density at radius 1 is 0.980 bits per heavy atom. The first-order valence-electron chi connectivity index (χ1n) is 16.5. The molecule has 0 aliphatic carbocycles. The van der Waals surface area contributed by atoms with Gasteiger partial charge in [-0.25, -0.2) is 9.50 Å². The van der Waals surface area contributed by atoms with Crippen molar-refractivity contribution in [3.63, 3.8) is 0 Å². The molecule has 0 saturated carbocycles. The highest BCUT2D eigenvalue weighted by Crippen LogP contribution is 2.32. The maximum Gasteiger partial charge on any atom is 0.251 e. The average Bonchev–Trinajstić information content (AvgIpc) is 3.55. The second-order valence-electron chi connectivity index (χ2n) is 12.0. The second kappa shape index (κ2) is 17.6. The number of allylic oxidation sites excluding steroid dienone is 1. The zero-order valence-electron chi connectivity index (χ0n) is 28.7. The maximum atomic E-state index is 12.8. The van der Waals surface area contributed by atoms with Gasteiger partial charge in [0.15, 0.2) is 11.9 Å². The predicted molar refractivity (Wildman–Crippen MR) is 194 cm³/mol. The molecule has 12 heteroatoms. The molecule has 2 aromatic heterocycles. The highest BCUT2D eigenvalue weighted by atomic mass is 16.2. The summed E-state index contributed by atoms with van der Waals surface area (Å²) in [6, 6.07) is 14.5. The van der Waals surface area contributed by atoms with Crippen LogP contribution in [0, 0.1) is 0 Å². The first-order chi connectivity index (χ1) is 23.8. The van der Waals surface area contributed by atoms with Crippen molar-refractivity contribution in [2.75, 3.05) is 49.9 Å². The van der Waals surface area contributed by atoms with Crippen molar-refractivity contribution in [1.29, 1.82) is 0 Å². The summed E-state index contributed by atoms with van der Waals surface area (Å²) in [6.07, 6.45) is 10.5. The summed E-state index contributed by atoms with van der Waals surface area (Å²) in [7, 11) is 7.21. The van der Waals surface area contributed by atoms with Gasteiger partial charge < -0.3 is 25.8 Å². The number of hydrogen-bond donors (Lipinski definition) is 3. The molecule has 0 fully saturated rings. The molecule has 0 saturated heterocycles. The minimum atomic E-state index is -0.628. The number of carbonyl (C=O) groups is 4. The van der Waals surface area contributed by atoms with Gasteiger partial charge in [0.05, 0.1) is 29.0 Å². The monoisotopic (exact) mass is 666 g/mol. The number of likely N-dealkylation sites (N-methyl/N-ethyl adjacent to an activating group) is 1. The minimum Gasteiger partial charge on any atom is -0.385 e.